The summed E-state index contributed by atoms with van der Waals surface area (Å²) < 4.78 is 1.98. The van der Waals surface area contributed by atoms with Gasteiger partial charge in [0.15, 0.2) is 0 Å². The Balaban J connectivity index is 2.09. The molecule has 0 saturated heterocycles. The van der Waals surface area contributed by atoms with Gasteiger partial charge in [0.2, 0.25) is 0 Å². The molecule has 1 aromatic rings. The third-order valence-electron chi connectivity index (χ3n) is 3.38. The van der Waals surface area contributed by atoms with Crippen molar-refractivity contribution in [2.45, 2.75) is 52.0 Å². The van der Waals surface area contributed by atoms with E-state index in [9.17, 15) is 0 Å². The van der Waals surface area contributed by atoms with Crippen LogP contribution in [-0.2, 0) is 13.5 Å². The molecule has 96 valence electrons. The van der Waals surface area contributed by atoms with E-state index in [0.29, 0.717) is 6.04 Å². The minimum Gasteiger partial charge on any atom is -0.378 e. The van der Waals surface area contributed by atoms with Gasteiger partial charge in [-0.2, -0.15) is 5.10 Å². The summed E-state index contributed by atoms with van der Waals surface area (Å²) in [7, 11) is 2.02. The first-order valence-corrected chi connectivity index (χ1v) is 6.82. The summed E-state index contributed by atoms with van der Waals surface area (Å²) in [6, 6.07) is 0.548. The molecule has 2 N–H and O–H groups in total. The Morgan fingerprint density at radius 3 is 2.88 bits per heavy atom. The van der Waals surface area contributed by atoms with Crippen LogP contribution in [0.2, 0.25) is 0 Å². The third-order valence-corrected chi connectivity index (χ3v) is 3.38. The van der Waals surface area contributed by atoms with Gasteiger partial charge in [0.25, 0.3) is 0 Å². The maximum atomic E-state index is 4.59. The molecule has 1 atom stereocenters. The number of hydrogen-bond donors (Lipinski definition) is 2. The van der Waals surface area contributed by atoms with Gasteiger partial charge in [-0.3, -0.25) is 4.68 Å². The number of anilines is 2. The van der Waals surface area contributed by atoms with Crippen LogP contribution in [0.4, 0.5) is 11.5 Å². The molecular formula is C13H24N4. The monoisotopic (exact) mass is 236 g/mol. The van der Waals surface area contributed by atoms with Crippen LogP contribution in [-0.4, -0.2) is 22.4 Å². The zero-order chi connectivity index (χ0) is 12.3. The van der Waals surface area contributed by atoms with Crippen molar-refractivity contribution in [3.63, 3.8) is 0 Å². The number of rotatable bonds is 5. The van der Waals surface area contributed by atoms with Crippen LogP contribution in [0.25, 0.3) is 0 Å². The lowest BCUT2D eigenvalue weighted by molar-refractivity contribution is 0.610. The molecule has 0 radical (unpaired) electrons. The summed E-state index contributed by atoms with van der Waals surface area (Å²) in [5.74, 6) is 1.17. The van der Waals surface area contributed by atoms with E-state index in [1.165, 1.54) is 36.5 Å². The fourth-order valence-electron chi connectivity index (χ4n) is 2.44. The van der Waals surface area contributed by atoms with Crippen LogP contribution in [0.5, 0.6) is 0 Å². The lowest BCUT2D eigenvalue weighted by Crippen LogP contribution is -2.33. The highest BCUT2D eigenvalue weighted by molar-refractivity contribution is 5.70. The smallest absolute Gasteiger partial charge is 0.148 e. The number of nitrogens with zero attached hydrogens (tertiary/aromatic N) is 2. The molecule has 0 aromatic carbocycles. The maximum absolute atomic E-state index is 4.59. The van der Waals surface area contributed by atoms with Crippen molar-refractivity contribution < 1.29 is 0 Å². The van der Waals surface area contributed by atoms with Crippen LogP contribution in [0.3, 0.4) is 0 Å². The second kappa shape index (κ2) is 5.43. The van der Waals surface area contributed by atoms with Gasteiger partial charge in [-0.05, 0) is 12.8 Å². The van der Waals surface area contributed by atoms with Gasteiger partial charge in [-0.15, -0.1) is 0 Å². The number of nitrogens with one attached hydrogen (secondary N) is 2. The highest BCUT2D eigenvalue weighted by Gasteiger charge is 2.23. The van der Waals surface area contributed by atoms with Crippen molar-refractivity contribution in [2.75, 3.05) is 17.2 Å². The fourth-order valence-corrected chi connectivity index (χ4v) is 2.44. The first-order chi connectivity index (χ1) is 8.26. The van der Waals surface area contributed by atoms with E-state index in [4.69, 9.17) is 0 Å². The van der Waals surface area contributed by atoms with Gasteiger partial charge in [0, 0.05) is 19.6 Å². The molecule has 17 heavy (non-hydrogen) atoms. The standard InChI is InChI=1S/C13H24N4/c1-4-6-8-10-9-14-12-11(7-5-2)16-17(3)13(12)15-10/h10,14-15H,4-9H2,1-3H3. The van der Waals surface area contributed by atoms with Crippen molar-refractivity contribution in [1.82, 2.24) is 9.78 Å². The first kappa shape index (κ1) is 12.3. The lowest BCUT2D eigenvalue weighted by Gasteiger charge is -2.26. The van der Waals surface area contributed by atoms with E-state index in [1.807, 2.05) is 11.7 Å². The normalized spacial score (nSPS) is 18.4. The number of fused-ring (bicyclic) bond motifs is 1. The van der Waals surface area contributed by atoms with Crippen molar-refractivity contribution >= 4 is 11.5 Å². The Labute approximate surface area is 104 Å². The second-order valence-electron chi connectivity index (χ2n) is 4.91. The molecule has 2 heterocycles. The van der Waals surface area contributed by atoms with E-state index in [-0.39, 0.29) is 0 Å². The average Bonchev–Trinajstić information content (AvgIpc) is 2.64. The predicted octanol–water partition coefficient (Wildman–Crippen LogP) is 2.77. The van der Waals surface area contributed by atoms with Gasteiger partial charge < -0.3 is 10.6 Å². The Morgan fingerprint density at radius 2 is 2.18 bits per heavy atom. The van der Waals surface area contributed by atoms with Gasteiger partial charge in [0.1, 0.15) is 11.5 Å². The molecule has 0 fully saturated rings. The molecule has 4 nitrogen and oxygen atoms in total. The molecule has 0 aliphatic carbocycles. The molecule has 1 unspecified atom stereocenters. The van der Waals surface area contributed by atoms with Gasteiger partial charge in [0.05, 0.1) is 5.69 Å². The van der Waals surface area contributed by atoms with Crippen molar-refractivity contribution in [1.29, 1.82) is 0 Å². The molecule has 4 heteroatoms. The van der Waals surface area contributed by atoms with Crippen LogP contribution in [0, 0.1) is 0 Å². The highest BCUT2D eigenvalue weighted by Crippen LogP contribution is 2.30. The minimum atomic E-state index is 0.548. The minimum absolute atomic E-state index is 0.548. The van der Waals surface area contributed by atoms with E-state index < -0.39 is 0 Å². The summed E-state index contributed by atoms with van der Waals surface area (Å²) >= 11 is 0. The molecule has 0 saturated carbocycles. The predicted molar refractivity (Wildman–Crippen MR) is 72.6 cm³/mol. The lowest BCUT2D eigenvalue weighted by atomic mass is 10.1. The number of aryl methyl sites for hydroxylation is 2. The zero-order valence-electron chi connectivity index (χ0n) is 11.2. The number of unbranched alkanes of at least 4 members (excludes halogenated alkanes) is 1. The van der Waals surface area contributed by atoms with E-state index in [1.54, 1.807) is 0 Å². The molecule has 1 aliphatic rings. The van der Waals surface area contributed by atoms with E-state index >= 15 is 0 Å². The molecule has 2 rings (SSSR count). The largest absolute Gasteiger partial charge is 0.378 e. The van der Waals surface area contributed by atoms with Crippen LogP contribution >= 0.6 is 0 Å². The van der Waals surface area contributed by atoms with Gasteiger partial charge >= 0.3 is 0 Å². The summed E-state index contributed by atoms with van der Waals surface area (Å²) in [5.41, 5.74) is 2.42. The number of hydrogen-bond acceptors (Lipinski definition) is 3. The van der Waals surface area contributed by atoms with Crippen LogP contribution in [0.15, 0.2) is 0 Å². The van der Waals surface area contributed by atoms with Crippen LogP contribution in [0.1, 0.15) is 45.2 Å². The van der Waals surface area contributed by atoms with Crippen LogP contribution < -0.4 is 10.6 Å². The third kappa shape index (κ3) is 2.56. The summed E-state index contributed by atoms with van der Waals surface area (Å²) in [5, 5.41) is 11.8. The summed E-state index contributed by atoms with van der Waals surface area (Å²) in [6.45, 7) is 5.46. The Bertz CT molecular complexity index is 370. The number of aromatic nitrogens is 2. The Kier molecular flexibility index (Phi) is 3.92. The van der Waals surface area contributed by atoms with Crippen molar-refractivity contribution in [2.24, 2.45) is 7.05 Å². The summed E-state index contributed by atoms with van der Waals surface area (Å²) in [6.07, 6.45) is 5.98. The Hall–Kier alpha value is -1.19. The molecule has 0 amide bonds. The van der Waals surface area contributed by atoms with E-state index in [0.717, 1.165) is 19.4 Å². The van der Waals surface area contributed by atoms with Gasteiger partial charge in [-0.1, -0.05) is 33.1 Å². The first-order valence-electron chi connectivity index (χ1n) is 6.82. The average molecular weight is 236 g/mol. The second-order valence-corrected chi connectivity index (χ2v) is 4.91. The highest BCUT2D eigenvalue weighted by atomic mass is 15.3. The van der Waals surface area contributed by atoms with Crippen molar-refractivity contribution in [3.05, 3.63) is 5.69 Å². The van der Waals surface area contributed by atoms with Gasteiger partial charge in [-0.25, -0.2) is 0 Å². The molecule has 1 aliphatic heterocycles. The quantitative estimate of drug-likeness (QED) is 0.826. The zero-order valence-corrected chi connectivity index (χ0v) is 11.2. The van der Waals surface area contributed by atoms with Crippen molar-refractivity contribution in [3.8, 4) is 0 Å². The molecular weight excluding hydrogens is 212 g/mol. The summed E-state index contributed by atoms with van der Waals surface area (Å²) in [4.78, 5) is 0. The molecule has 1 aromatic heterocycles. The molecule has 0 bridgehead atoms. The van der Waals surface area contributed by atoms with E-state index in [2.05, 4.69) is 29.6 Å². The fraction of sp³-hybridized carbons (Fsp3) is 0.769. The SMILES string of the molecule is CCCCC1CNc2c(CCC)nn(C)c2N1. The Morgan fingerprint density at radius 1 is 1.35 bits per heavy atom. The molecule has 0 spiro atoms. The maximum Gasteiger partial charge on any atom is 0.148 e. The topological polar surface area (TPSA) is 41.9 Å².